The number of nitrogens with one attached hydrogen (secondary N) is 3. The molecular weight excluding hydrogens is 759 g/mol. The Bertz CT molecular complexity index is 1980. The molecule has 2 aromatic carbocycles. The molecule has 17 heteroatoms. The Balaban J connectivity index is 1.33. The third-order valence-electron chi connectivity index (χ3n) is 10.9. The van der Waals surface area contributed by atoms with Crippen molar-refractivity contribution < 1.29 is 38.6 Å². The maximum absolute atomic E-state index is 14.8. The first kappa shape index (κ1) is 44.0. The molecule has 2 fully saturated rings. The van der Waals surface area contributed by atoms with Crippen LogP contribution in [0.3, 0.4) is 0 Å². The molecule has 1 aromatic heterocycles. The molecule has 5 rings (SSSR count). The van der Waals surface area contributed by atoms with E-state index in [-0.39, 0.29) is 44.0 Å². The summed E-state index contributed by atoms with van der Waals surface area (Å²) in [6, 6.07) is 13.0. The molecule has 0 bridgehead atoms. The lowest BCUT2D eigenvalue weighted by Gasteiger charge is -2.32. The van der Waals surface area contributed by atoms with Gasteiger partial charge in [0.1, 0.15) is 24.3 Å². The number of ketones is 1. The van der Waals surface area contributed by atoms with Crippen LogP contribution in [0.2, 0.25) is 0 Å². The Labute approximate surface area is 343 Å². The molecular formula is C42H53N9O8. The summed E-state index contributed by atoms with van der Waals surface area (Å²) in [6.45, 7) is 3.37. The standard InChI is InChI=1S/C42H53N9O8/c1-42(2,58)35-24-46-49-51(35)31-22-34(39(55)47-32(36(52)37(44)53)15-9-10-20-45-41(57)59-26-29-13-7-4-8-14-29)50(25-31)40(56)33(21-27-11-5-3-6-12-27)48-38(54)30-18-16-28(23-43)17-19-30/h4,7-8,13-14,16-19,24,27,31-34,58H,3,5-6,9-12,15,20-22,25-26H2,1-2H3,(H2,44,53)(H,45,57)(H,47,55)(H,48,54)/t31-,32?,33+,34-/m0/s1. The average molecular weight is 812 g/mol. The first-order valence-electron chi connectivity index (χ1n) is 20.1. The SMILES string of the molecule is CC(C)(O)c1cnnn1[C@H]1C[C@@H](C(=O)NC(CCCCNC(=O)OCc2ccccc2)C(=O)C(N)=O)N(C(=O)[C@@H](CC2CCCCC2)NC(=O)c2ccc(C#N)cc2)C1. The number of carbonyl (C=O) groups is 6. The summed E-state index contributed by atoms with van der Waals surface area (Å²) in [5.41, 5.74) is 5.83. The Kier molecular flexibility index (Phi) is 15.3. The van der Waals surface area contributed by atoms with E-state index < -0.39 is 65.3 Å². The number of Topliss-reactive ketones (excluding diaryl/α,β-unsaturated/α-hetero) is 1. The number of aliphatic hydroxyl groups is 1. The van der Waals surface area contributed by atoms with Gasteiger partial charge in [-0.1, -0.05) is 67.6 Å². The Morgan fingerprint density at radius 2 is 1.69 bits per heavy atom. The number of ether oxygens (including phenoxy) is 1. The topological polar surface area (TPSA) is 252 Å². The molecule has 4 atom stereocenters. The maximum Gasteiger partial charge on any atom is 0.407 e. The van der Waals surface area contributed by atoms with E-state index in [0.717, 1.165) is 37.7 Å². The second-order valence-corrected chi connectivity index (χ2v) is 15.7. The number of hydrogen-bond acceptors (Lipinski definition) is 11. The van der Waals surface area contributed by atoms with Crippen molar-refractivity contribution in [2.24, 2.45) is 11.7 Å². The summed E-state index contributed by atoms with van der Waals surface area (Å²) < 4.78 is 6.70. The molecule has 1 saturated heterocycles. The number of benzene rings is 2. The van der Waals surface area contributed by atoms with E-state index in [1.807, 2.05) is 36.4 Å². The number of primary amides is 1. The van der Waals surface area contributed by atoms with Crippen molar-refractivity contribution in [1.82, 2.24) is 35.8 Å². The number of nitriles is 1. The zero-order valence-corrected chi connectivity index (χ0v) is 33.5. The van der Waals surface area contributed by atoms with Gasteiger partial charge in [-0.2, -0.15) is 5.26 Å². The van der Waals surface area contributed by atoms with Gasteiger partial charge in [-0.05, 0) is 75.3 Å². The fourth-order valence-corrected chi connectivity index (χ4v) is 7.70. The predicted molar refractivity (Wildman–Crippen MR) is 213 cm³/mol. The number of carbonyl (C=O) groups excluding carboxylic acids is 6. The molecule has 2 aliphatic rings. The highest BCUT2D eigenvalue weighted by Gasteiger charge is 2.45. The number of amides is 5. The number of unbranched alkanes of at least 4 members (excludes halogenated alkanes) is 1. The summed E-state index contributed by atoms with van der Waals surface area (Å²) in [5, 5.41) is 36.5. The van der Waals surface area contributed by atoms with Gasteiger partial charge >= 0.3 is 6.09 Å². The highest BCUT2D eigenvalue weighted by Crippen LogP contribution is 2.33. The van der Waals surface area contributed by atoms with Crippen molar-refractivity contribution >= 4 is 35.5 Å². The number of nitrogens with zero attached hydrogens (tertiary/aromatic N) is 5. The first-order chi connectivity index (χ1) is 28.2. The summed E-state index contributed by atoms with van der Waals surface area (Å²) in [7, 11) is 0. The first-order valence-corrected chi connectivity index (χ1v) is 20.1. The molecule has 3 aromatic rings. The Morgan fingerprint density at radius 1 is 0.983 bits per heavy atom. The minimum atomic E-state index is -1.37. The number of nitrogens with two attached hydrogens (primary N) is 1. The number of hydrogen-bond donors (Lipinski definition) is 5. The molecule has 17 nitrogen and oxygen atoms in total. The molecule has 5 amide bonds. The summed E-state index contributed by atoms with van der Waals surface area (Å²) >= 11 is 0. The van der Waals surface area contributed by atoms with Crippen LogP contribution in [0.25, 0.3) is 0 Å². The second-order valence-electron chi connectivity index (χ2n) is 15.7. The highest BCUT2D eigenvalue weighted by molar-refractivity contribution is 6.37. The van der Waals surface area contributed by atoms with Crippen molar-refractivity contribution in [3.8, 4) is 6.07 Å². The number of rotatable bonds is 18. The molecule has 59 heavy (non-hydrogen) atoms. The van der Waals surface area contributed by atoms with E-state index in [0.29, 0.717) is 30.5 Å². The van der Waals surface area contributed by atoms with E-state index in [9.17, 15) is 39.1 Å². The van der Waals surface area contributed by atoms with Crippen molar-refractivity contribution in [3.05, 3.63) is 83.2 Å². The summed E-state index contributed by atoms with van der Waals surface area (Å²) in [5.74, 6) is -3.89. The van der Waals surface area contributed by atoms with E-state index in [1.54, 1.807) is 13.8 Å². The fourth-order valence-electron chi connectivity index (χ4n) is 7.70. The van der Waals surface area contributed by atoms with Crippen molar-refractivity contribution in [2.45, 2.75) is 114 Å². The molecule has 1 aliphatic heterocycles. The molecule has 1 unspecified atom stereocenters. The fraction of sp³-hybridized carbons (Fsp3) is 0.500. The van der Waals surface area contributed by atoms with Gasteiger partial charge in [0.2, 0.25) is 17.6 Å². The van der Waals surface area contributed by atoms with Crippen LogP contribution < -0.4 is 21.7 Å². The van der Waals surface area contributed by atoms with E-state index in [2.05, 4.69) is 26.3 Å². The highest BCUT2D eigenvalue weighted by atomic mass is 16.5. The van der Waals surface area contributed by atoms with E-state index >= 15 is 0 Å². The third kappa shape index (κ3) is 12.2. The zero-order chi connectivity index (χ0) is 42.5. The lowest BCUT2D eigenvalue weighted by molar-refractivity contribution is -0.142. The molecule has 1 aliphatic carbocycles. The van der Waals surface area contributed by atoms with Gasteiger partial charge in [-0.3, -0.25) is 24.0 Å². The molecule has 1 saturated carbocycles. The summed E-state index contributed by atoms with van der Waals surface area (Å²) in [4.78, 5) is 81.4. The van der Waals surface area contributed by atoms with Crippen LogP contribution in [-0.4, -0.2) is 91.7 Å². The van der Waals surface area contributed by atoms with Crippen LogP contribution in [0.5, 0.6) is 0 Å². The maximum atomic E-state index is 14.8. The number of aromatic nitrogens is 3. The van der Waals surface area contributed by atoms with E-state index in [4.69, 9.17) is 10.5 Å². The Morgan fingerprint density at radius 3 is 2.36 bits per heavy atom. The number of alkyl carbamates (subject to hydrolysis) is 1. The average Bonchev–Trinajstić information content (AvgIpc) is 3.91. The summed E-state index contributed by atoms with van der Waals surface area (Å²) in [6.07, 6.45) is 6.61. The molecule has 0 radical (unpaired) electrons. The van der Waals surface area contributed by atoms with Crippen LogP contribution in [-0.2, 0) is 36.1 Å². The molecule has 314 valence electrons. The van der Waals surface area contributed by atoms with Gasteiger partial charge in [0.15, 0.2) is 0 Å². The van der Waals surface area contributed by atoms with Crippen molar-refractivity contribution in [3.63, 3.8) is 0 Å². The van der Waals surface area contributed by atoms with Crippen LogP contribution in [0, 0.1) is 17.2 Å². The van der Waals surface area contributed by atoms with Crippen LogP contribution in [0.15, 0.2) is 60.8 Å². The minimum Gasteiger partial charge on any atom is -0.445 e. The number of likely N-dealkylation sites (tertiary alicyclic amines) is 1. The van der Waals surface area contributed by atoms with E-state index in [1.165, 1.54) is 40.0 Å². The zero-order valence-electron chi connectivity index (χ0n) is 33.5. The third-order valence-corrected chi connectivity index (χ3v) is 10.9. The Hall–Kier alpha value is -6.15. The van der Waals surface area contributed by atoms with Crippen molar-refractivity contribution in [1.29, 1.82) is 5.26 Å². The van der Waals surface area contributed by atoms with Gasteiger partial charge in [0.05, 0.1) is 35.6 Å². The molecule has 0 spiro atoms. The van der Waals surface area contributed by atoms with Gasteiger partial charge in [-0.25, -0.2) is 9.48 Å². The van der Waals surface area contributed by atoms with Crippen LogP contribution in [0.4, 0.5) is 4.79 Å². The van der Waals surface area contributed by atoms with Crippen LogP contribution in [0.1, 0.15) is 111 Å². The quantitative estimate of drug-likeness (QED) is 0.0923. The van der Waals surface area contributed by atoms with Gasteiger partial charge < -0.3 is 36.4 Å². The van der Waals surface area contributed by atoms with Gasteiger partial charge in [-0.15, -0.1) is 5.10 Å². The lowest BCUT2D eigenvalue weighted by atomic mass is 9.84. The van der Waals surface area contributed by atoms with Crippen LogP contribution >= 0.6 is 0 Å². The van der Waals surface area contributed by atoms with Gasteiger partial charge in [0.25, 0.3) is 11.8 Å². The second kappa shape index (κ2) is 20.5. The smallest absolute Gasteiger partial charge is 0.407 e. The monoisotopic (exact) mass is 811 g/mol. The largest absolute Gasteiger partial charge is 0.445 e. The minimum absolute atomic E-state index is 0.00916. The van der Waals surface area contributed by atoms with Crippen molar-refractivity contribution in [2.75, 3.05) is 13.1 Å². The lowest BCUT2D eigenvalue weighted by Crippen LogP contribution is -2.56. The molecule has 6 N–H and O–H groups in total. The predicted octanol–water partition coefficient (Wildman–Crippen LogP) is 2.92. The van der Waals surface area contributed by atoms with Gasteiger partial charge in [0, 0.05) is 25.1 Å². The normalized spacial score (nSPS) is 17.9. The molecule has 2 heterocycles.